The number of rotatable bonds is 6. The molecule has 0 unspecified atom stereocenters. The van der Waals surface area contributed by atoms with E-state index in [1.165, 1.54) is 0 Å². The van der Waals surface area contributed by atoms with Crippen LogP contribution in [0, 0.1) is 0 Å². The lowest BCUT2D eigenvalue weighted by Crippen LogP contribution is -2.13. The highest BCUT2D eigenvalue weighted by Gasteiger charge is 2.22. The van der Waals surface area contributed by atoms with E-state index >= 15 is 0 Å². The van der Waals surface area contributed by atoms with E-state index in [0.29, 0.717) is 29.3 Å². The number of anilines is 1. The monoisotopic (exact) mass is 306 g/mol. The number of nitrogens with zero attached hydrogens (tertiary/aromatic N) is 1. The average Bonchev–Trinajstić information content (AvgIpc) is 2.78. The fourth-order valence-electron chi connectivity index (χ4n) is 2.46. The second-order valence-corrected chi connectivity index (χ2v) is 5.49. The van der Waals surface area contributed by atoms with Crippen LogP contribution in [-0.4, -0.2) is 42.9 Å². The molecule has 0 saturated heterocycles. The summed E-state index contributed by atoms with van der Waals surface area (Å²) < 4.78 is 11.4. The first kappa shape index (κ1) is 16.0. The Morgan fingerprint density at radius 2 is 2.05 bits per heavy atom. The summed E-state index contributed by atoms with van der Waals surface area (Å²) in [6.45, 7) is 6.25. The zero-order chi connectivity index (χ0) is 16.4. The van der Waals surface area contributed by atoms with E-state index in [1.54, 1.807) is 17.0 Å². The molecule has 2 rings (SSSR count). The van der Waals surface area contributed by atoms with Crippen molar-refractivity contribution in [1.29, 1.82) is 0 Å². The minimum Gasteiger partial charge on any atom is -0.493 e. The highest BCUT2D eigenvalue weighted by molar-refractivity contribution is 6.08. The van der Waals surface area contributed by atoms with Crippen molar-refractivity contribution < 1.29 is 19.4 Å². The van der Waals surface area contributed by atoms with Gasteiger partial charge in [0, 0.05) is 26.2 Å². The molecule has 6 heteroatoms. The highest BCUT2D eigenvalue weighted by atomic mass is 16.5. The number of ether oxygens (including phenoxy) is 2. The van der Waals surface area contributed by atoms with Gasteiger partial charge in [-0.1, -0.05) is 0 Å². The predicted octanol–water partition coefficient (Wildman–Crippen LogP) is 3.12. The van der Waals surface area contributed by atoms with Crippen molar-refractivity contribution in [2.45, 2.75) is 26.9 Å². The fourth-order valence-corrected chi connectivity index (χ4v) is 2.46. The zero-order valence-corrected chi connectivity index (χ0v) is 13.6. The second-order valence-electron chi connectivity index (χ2n) is 5.49. The quantitative estimate of drug-likeness (QED) is 0.857. The molecule has 0 spiro atoms. The minimum absolute atomic E-state index is 0.0224. The molecule has 0 radical (unpaired) electrons. The van der Waals surface area contributed by atoms with Gasteiger partial charge < -0.3 is 24.5 Å². The summed E-state index contributed by atoms with van der Waals surface area (Å²) in [6, 6.07) is 3.61. The molecule has 0 saturated carbocycles. The van der Waals surface area contributed by atoms with Gasteiger partial charge in [0.05, 0.1) is 29.3 Å². The van der Waals surface area contributed by atoms with Gasteiger partial charge >= 0.3 is 5.97 Å². The molecular weight excluding hydrogens is 284 g/mol. The van der Waals surface area contributed by atoms with E-state index in [2.05, 4.69) is 4.98 Å². The molecule has 2 N–H and O–H groups in total. The lowest BCUT2D eigenvalue weighted by atomic mass is 10.1. The molecule has 2 aromatic rings. The summed E-state index contributed by atoms with van der Waals surface area (Å²) in [5, 5.41) is 10.2. The van der Waals surface area contributed by atoms with Gasteiger partial charge in [0.1, 0.15) is 17.2 Å². The number of H-pyrrole nitrogens is 1. The maximum Gasteiger partial charge on any atom is 0.354 e. The first-order valence-corrected chi connectivity index (χ1v) is 7.24. The Morgan fingerprint density at radius 3 is 2.55 bits per heavy atom. The Balaban J connectivity index is 2.74. The van der Waals surface area contributed by atoms with Crippen LogP contribution < -0.4 is 14.4 Å². The Kier molecular flexibility index (Phi) is 4.49. The molecule has 0 aliphatic carbocycles. The van der Waals surface area contributed by atoms with Crippen molar-refractivity contribution in [3.8, 4) is 11.5 Å². The molecule has 0 bridgehead atoms. The van der Waals surface area contributed by atoms with Crippen molar-refractivity contribution in [2.75, 3.05) is 25.6 Å². The summed E-state index contributed by atoms with van der Waals surface area (Å²) in [7, 11) is 3.62. The third kappa shape index (κ3) is 2.95. The van der Waals surface area contributed by atoms with Gasteiger partial charge in [0.25, 0.3) is 0 Å². The van der Waals surface area contributed by atoms with Gasteiger partial charge in [-0.05, 0) is 20.8 Å². The molecule has 0 fully saturated rings. The Bertz CT molecular complexity index is 689. The van der Waals surface area contributed by atoms with E-state index < -0.39 is 5.97 Å². The topological polar surface area (TPSA) is 74.8 Å². The zero-order valence-electron chi connectivity index (χ0n) is 13.6. The molecule has 0 aliphatic rings. The number of aromatic carboxylic acids is 1. The number of carbonyl (C=O) groups is 1. The number of benzene rings is 1. The van der Waals surface area contributed by atoms with Crippen LogP contribution in [0.3, 0.4) is 0 Å². The maximum absolute atomic E-state index is 11.5. The van der Waals surface area contributed by atoms with Crippen LogP contribution in [-0.2, 0) is 0 Å². The largest absolute Gasteiger partial charge is 0.493 e. The number of carboxylic acid groups (broad SMARTS) is 1. The molecule has 1 heterocycles. The number of carboxylic acids is 1. The van der Waals surface area contributed by atoms with Gasteiger partial charge in [-0.15, -0.1) is 0 Å². The Morgan fingerprint density at radius 1 is 1.36 bits per heavy atom. The van der Waals surface area contributed by atoms with Gasteiger partial charge in [0.15, 0.2) is 0 Å². The third-order valence-electron chi connectivity index (χ3n) is 3.14. The fraction of sp³-hybridized carbons (Fsp3) is 0.438. The van der Waals surface area contributed by atoms with E-state index in [9.17, 15) is 9.90 Å². The van der Waals surface area contributed by atoms with Crippen molar-refractivity contribution in [1.82, 2.24) is 4.98 Å². The Labute approximate surface area is 129 Å². The molecular formula is C16H22N2O4. The first-order valence-electron chi connectivity index (χ1n) is 7.24. The summed E-state index contributed by atoms with van der Waals surface area (Å²) >= 11 is 0. The number of nitrogens with one attached hydrogen (secondary N) is 1. The number of hydrogen-bond donors (Lipinski definition) is 2. The summed E-state index contributed by atoms with van der Waals surface area (Å²) in [5.74, 6) is 0.256. The number of aromatic nitrogens is 1. The van der Waals surface area contributed by atoms with E-state index in [-0.39, 0.29) is 11.8 Å². The molecule has 1 aromatic heterocycles. The molecule has 120 valence electrons. The van der Waals surface area contributed by atoms with E-state index in [1.807, 2.05) is 34.9 Å². The standard InChI is InChI=1S/C16H22N2O4/c1-6-21-12-8-10(22-9(2)3)7-11-13(12)15(18(4)5)14(17-11)16(19)20/h7-9,17H,6H2,1-5H3,(H,19,20). The lowest BCUT2D eigenvalue weighted by Gasteiger charge is -2.16. The average molecular weight is 306 g/mol. The second kappa shape index (κ2) is 6.17. The van der Waals surface area contributed by atoms with Gasteiger partial charge in [-0.2, -0.15) is 0 Å². The van der Waals surface area contributed by atoms with E-state index in [4.69, 9.17) is 9.47 Å². The van der Waals surface area contributed by atoms with Crippen LogP contribution in [0.5, 0.6) is 11.5 Å². The SMILES string of the molecule is CCOc1cc(OC(C)C)cc2[nH]c(C(=O)O)c(N(C)C)c12. The maximum atomic E-state index is 11.5. The van der Waals surface area contributed by atoms with Crippen LogP contribution in [0.1, 0.15) is 31.3 Å². The molecule has 0 atom stereocenters. The number of aromatic amines is 1. The smallest absolute Gasteiger partial charge is 0.354 e. The minimum atomic E-state index is -1.01. The molecule has 0 amide bonds. The number of hydrogen-bond acceptors (Lipinski definition) is 4. The van der Waals surface area contributed by atoms with Crippen LogP contribution in [0.15, 0.2) is 12.1 Å². The summed E-state index contributed by atoms with van der Waals surface area (Å²) in [4.78, 5) is 16.2. The molecule has 1 aromatic carbocycles. The predicted molar refractivity (Wildman–Crippen MR) is 86.5 cm³/mol. The third-order valence-corrected chi connectivity index (χ3v) is 3.14. The van der Waals surface area contributed by atoms with Crippen LogP contribution in [0.2, 0.25) is 0 Å². The van der Waals surface area contributed by atoms with Crippen LogP contribution >= 0.6 is 0 Å². The molecule has 22 heavy (non-hydrogen) atoms. The van der Waals surface area contributed by atoms with Crippen molar-refractivity contribution in [2.24, 2.45) is 0 Å². The molecule has 0 aliphatic heterocycles. The number of fused-ring (bicyclic) bond motifs is 1. The van der Waals surface area contributed by atoms with Gasteiger partial charge in [-0.3, -0.25) is 0 Å². The lowest BCUT2D eigenvalue weighted by molar-refractivity contribution is 0.0692. The van der Waals surface area contributed by atoms with Gasteiger partial charge in [-0.25, -0.2) is 4.79 Å². The normalized spacial score (nSPS) is 11.0. The first-order chi connectivity index (χ1) is 10.3. The molecule has 6 nitrogen and oxygen atoms in total. The van der Waals surface area contributed by atoms with Crippen molar-refractivity contribution >= 4 is 22.6 Å². The Hall–Kier alpha value is -2.37. The van der Waals surface area contributed by atoms with Crippen LogP contribution in [0.4, 0.5) is 5.69 Å². The summed E-state index contributed by atoms with van der Waals surface area (Å²) in [5.41, 5.74) is 1.42. The highest BCUT2D eigenvalue weighted by Crippen LogP contribution is 2.40. The van der Waals surface area contributed by atoms with Crippen molar-refractivity contribution in [3.05, 3.63) is 17.8 Å². The van der Waals surface area contributed by atoms with Gasteiger partial charge in [0.2, 0.25) is 0 Å². The van der Waals surface area contributed by atoms with E-state index in [0.717, 1.165) is 5.39 Å². The van der Waals surface area contributed by atoms with Crippen LogP contribution in [0.25, 0.3) is 10.9 Å². The van der Waals surface area contributed by atoms with Crippen molar-refractivity contribution in [3.63, 3.8) is 0 Å². The summed E-state index contributed by atoms with van der Waals surface area (Å²) in [6.07, 6.45) is 0.0224.